The highest BCUT2D eigenvalue weighted by Crippen LogP contribution is 2.25. The number of carboxylic acid groups (broad SMARTS) is 1. The van der Waals surface area contributed by atoms with Crippen LogP contribution in [0.2, 0.25) is 0 Å². The number of carbonyl (C=O) groups excluding carboxylic acids is 1. The van der Waals surface area contributed by atoms with Crippen molar-refractivity contribution in [1.29, 1.82) is 0 Å². The number of hydrogen-bond acceptors (Lipinski definition) is 2. The minimum absolute atomic E-state index is 0.0440. The molecular weight excluding hydrogens is 322 g/mol. The maximum atomic E-state index is 12.2. The lowest BCUT2D eigenvalue weighted by molar-refractivity contribution is -0.143. The van der Waals surface area contributed by atoms with E-state index < -0.39 is 5.97 Å². The molecule has 108 valence electrons. The maximum absolute atomic E-state index is 12.2. The van der Waals surface area contributed by atoms with Gasteiger partial charge in [0.2, 0.25) is 0 Å². The van der Waals surface area contributed by atoms with Gasteiger partial charge in [-0.05, 0) is 43.9 Å². The normalized spacial score (nSPS) is 22.3. The van der Waals surface area contributed by atoms with Gasteiger partial charge in [0.25, 0.3) is 5.91 Å². The van der Waals surface area contributed by atoms with Crippen molar-refractivity contribution in [3.63, 3.8) is 0 Å². The Balaban J connectivity index is 2.00. The molecule has 2 rings (SSSR count). The van der Waals surface area contributed by atoms with Gasteiger partial charge >= 0.3 is 5.97 Å². The summed E-state index contributed by atoms with van der Waals surface area (Å²) >= 11 is 3.41. The maximum Gasteiger partial charge on any atom is 0.306 e. The Labute approximate surface area is 126 Å². The van der Waals surface area contributed by atoms with Crippen LogP contribution in [-0.4, -0.2) is 23.0 Å². The standard InChI is InChI=1S/C15H18BrNO3/c1-9-5-6-10(8-13(9)16)14(18)17-12-4-2-3-11(7-12)15(19)20/h5-6,8,11-12H,2-4,7H2,1H3,(H,17,18)(H,19,20). The molecule has 0 radical (unpaired) electrons. The number of aliphatic carboxylic acids is 1. The van der Waals surface area contributed by atoms with Gasteiger partial charge in [-0.25, -0.2) is 0 Å². The van der Waals surface area contributed by atoms with E-state index >= 15 is 0 Å². The zero-order valence-electron chi connectivity index (χ0n) is 11.4. The fraction of sp³-hybridized carbons (Fsp3) is 0.467. The Morgan fingerprint density at radius 2 is 2.10 bits per heavy atom. The van der Waals surface area contributed by atoms with Crippen LogP contribution in [0.25, 0.3) is 0 Å². The number of amides is 1. The Hall–Kier alpha value is -1.36. The van der Waals surface area contributed by atoms with Crippen molar-refractivity contribution in [3.8, 4) is 0 Å². The van der Waals surface area contributed by atoms with Crippen molar-refractivity contribution in [2.45, 2.75) is 38.6 Å². The molecule has 0 bridgehead atoms. The Morgan fingerprint density at radius 1 is 1.35 bits per heavy atom. The first-order valence-electron chi connectivity index (χ1n) is 6.77. The van der Waals surface area contributed by atoms with Crippen molar-refractivity contribution in [2.24, 2.45) is 5.92 Å². The summed E-state index contributed by atoms with van der Waals surface area (Å²) in [7, 11) is 0. The number of nitrogens with one attached hydrogen (secondary N) is 1. The minimum atomic E-state index is -0.762. The predicted octanol–water partition coefficient (Wildman–Crippen LogP) is 3.13. The third-order valence-electron chi connectivity index (χ3n) is 3.79. The average Bonchev–Trinajstić information content (AvgIpc) is 2.42. The predicted molar refractivity (Wildman–Crippen MR) is 79.7 cm³/mol. The quantitative estimate of drug-likeness (QED) is 0.888. The second kappa shape index (κ2) is 6.39. The SMILES string of the molecule is Cc1ccc(C(=O)NC2CCCC(C(=O)O)C2)cc1Br. The van der Waals surface area contributed by atoms with Crippen LogP contribution in [0.3, 0.4) is 0 Å². The average molecular weight is 340 g/mol. The fourth-order valence-electron chi connectivity index (χ4n) is 2.55. The first kappa shape index (κ1) is 15.0. The number of carbonyl (C=O) groups is 2. The molecule has 2 atom stereocenters. The van der Waals surface area contributed by atoms with Crippen LogP contribution in [0.15, 0.2) is 22.7 Å². The number of carboxylic acids is 1. The Kier molecular flexibility index (Phi) is 4.81. The molecule has 5 heteroatoms. The van der Waals surface area contributed by atoms with Crippen LogP contribution in [0.1, 0.15) is 41.6 Å². The number of aryl methyl sites for hydroxylation is 1. The Bertz CT molecular complexity index is 530. The number of hydrogen-bond donors (Lipinski definition) is 2. The molecule has 1 aliphatic carbocycles. The van der Waals surface area contributed by atoms with E-state index in [-0.39, 0.29) is 17.9 Å². The first-order chi connectivity index (χ1) is 9.47. The van der Waals surface area contributed by atoms with E-state index in [4.69, 9.17) is 5.11 Å². The molecule has 4 nitrogen and oxygen atoms in total. The summed E-state index contributed by atoms with van der Waals surface area (Å²) in [5.74, 6) is -1.23. The van der Waals surface area contributed by atoms with Gasteiger partial charge in [-0.3, -0.25) is 9.59 Å². The van der Waals surface area contributed by atoms with E-state index in [9.17, 15) is 9.59 Å². The highest BCUT2D eigenvalue weighted by Gasteiger charge is 2.27. The summed E-state index contributed by atoms with van der Waals surface area (Å²) in [6, 6.07) is 5.42. The summed E-state index contributed by atoms with van der Waals surface area (Å²) in [6.07, 6.45) is 2.92. The van der Waals surface area contributed by atoms with Crippen LogP contribution < -0.4 is 5.32 Å². The molecule has 1 aromatic rings. The van der Waals surface area contributed by atoms with Gasteiger partial charge in [0.15, 0.2) is 0 Å². The number of halogens is 1. The smallest absolute Gasteiger partial charge is 0.306 e. The summed E-state index contributed by atoms with van der Waals surface area (Å²) in [6.45, 7) is 1.96. The molecule has 2 N–H and O–H groups in total. The minimum Gasteiger partial charge on any atom is -0.481 e. The topological polar surface area (TPSA) is 66.4 Å². The zero-order chi connectivity index (χ0) is 14.7. The van der Waals surface area contributed by atoms with Crippen LogP contribution in [0.4, 0.5) is 0 Å². The van der Waals surface area contributed by atoms with Crippen molar-refractivity contribution in [3.05, 3.63) is 33.8 Å². The molecule has 2 unspecified atom stereocenters. The first-order valence-corrected chi connectivity index (χ1v) is 7.56. The van der Waals surface area contributed by atoms with Gasteiger partial charge in [-0.2, -0.15) is 0 Å². The molecule has 1 aromatic carbocycles. The third kappa shape index (κ3) is 3.60. The van der Waals surface area contributed by atoms with E-state index in [0.717, 1.165) is 22.9 Å². The zero-order valence-corrected chi connectivity index (χ0v) is 12.9. The van der Waals surface area contributed by atoms with Crippen molar-refractivity contribution >= 4 is 27.8 Å². The van der Waals surface area contributed by atoms with Crippen molar-refractivity contribution < 1.29 is 14.7 Å². The van der Waals surface area contributed by atoms with Gasteiger partial charge in [0.05, 0.1) is 5.92 Å². The van der Waals surface area contributed by atoms with E-state index in [1.54, 1.807) is 12.1 Å². The second-order valence-electron chi connectivity index (χ2n) is 5.34. The third-order valence-corrected chi connectivity index (χ3v) is 4.65. The molecule has 1 amide bonds. The van der Waals surface area contributed by atoms with Crippen LogP contribution in [0, 0.1) is 12.8 Å². The van der Waals surface area contributed by atoms with Crippen LogP contribution in [-0.2, 0) is 4.79 Å². The summed E-state index contributed by atoms with van der Waals surface area (Å²) in [5.41, 5.74) is 1.67. The second-order valence-corrected chi connectivity index (χ2v) is 6.19. The molecule has 0 spiro atoms. The molecule has 1 fully saturated rings. The lowest BCUT2D eigenvalue weighted by Gasteiger charge is -2.27. The summed E-state index contributed by atoms with van der Waals surface area (Å²) < 4.78 is 0.900. The molecule has 0 heterocycles. The van der Waals surface area contributed by atoms with Gasteiger partial charge in [-0.1, -0.05) is 28.4 Å². The molecule has 20 heavy (non-hydrogen) atoms. The van der Waals surface area contributed by atoms with Gasteiger partial charge in [0.1, 0.15) is 0 Å². The van der Waals surface area contributed by atoms with E-state index in [0.29, 0.717) is 18.4 Å². The number of rotatable bonds is 3. The molecule has 0 saturated heterocycles. The molecule has 1 saturated carbocycles. The fourth-order valence-corrected chi connectivity index (χ4v) is 2.93. The number of benzene rings is 1. The van der Waals surface area contributed by atoms with E-state index in [1.807, 2.05) is 13.0 Å². The summed E-state index contributed by atoms with van der Waals surface area (Å²) in [4.78, 5) is 23.2. The van der Waals surface area contributed by atoms with Gasteiger partial charge < -0.3 is 10.4 Å². The monoisotopic (exact) mass is 339 g/mol. The van der Waals surface area contributed by atoms with Crippen molar-refractivity contribution in [1.82, 2.24) is 5.32 Å². The lowest BCUT2D eigenvalue weighted by Crippen LogP contribution is -2.39. The van der Waals surface area contributed by atoms with Crippen molar-refractivity contribution in [2.75, 3.05) is 0 Å². The lowest BCUT2D eigenvalue weighted by atomic mass is 9.85. The summed E-state index contributed by atoms with van der Waals surface area (Å²) in [5, 5.41) is 12.0. The van der Waals surface area contributed by atoms with E-state index in [1.165, 1.54) is 0 Å². The molecule has 1 aliphatic rings. The molecular formula is C15H18BrNO3. The molecule has 0 aromatic heterocycles. The van der Waals surface area contributed by atoms with Crippen LogP contribution >= 0.6 is 15.9 Å². The van der Waals surface area contributed by atoms with E-state index in [2.05, 4.69) is 21.2 Å². The molecule has 0 aliphatic heterocycles. The Morgan fingerprint density at radius 3 is 2.75 bits per heavy atom. The van der Waals surface area contributed by atoms with Crippen LogP contribution in [0.5, 0.6) is 0 Å². The largest absolute Gasteiger partial charge is 0.481 e. The van der Waals surface area contributed by atoms with Gasteiger partial charge in [0, 0.05) is 16.1 Å². The highest BCUT2D eigenvalue weighted by atomic mass is 79.9. The van der Waals surface area contributed by atoms with Gasteiger partial charge in [-0.15, -0.1) is 0 Å². The highest BCUT2D eigenvalue weighted by molar-refractivity contribution is 9.10.